The number of ketones is 1. The standard InChI is InChI=1S/C16H15NO3/c1-3-19-11-4-5-14-12(8-11)13(9-17-14)15(18)16-10(2)6-7-20-16/h4-9,17H,3H2,1-2H3. The maximum absolute atomic E-state index is 12.5. The summed E-state index contributed by atoms with van der Waals surface area (Å²) in [6.07, 6.45) is 3.24. The third kappa shape index (κ3) is 1.99. The average Bonchev–Trinajstić information content (AvgIpc) is 3.04. The van der Waals surface area contributed by atoms with Gasteiger partial charge in [0.15, 0.2) is 5.76 Å². The molecule has 0 aliphatic heterocycles. The van der Waals surface area contributed by atoms with E-state index in [2.05, 4.69) is 4.98 Å². The quantitative estimate of drug-likeness (QED) is 0.735. The van der Waals surface area contributed by atoms with Crippen molar-refractivity contribution in [1.82, 2.24) is 4.98 Å². The van der Waals surface area contributed by atoms with Gasteiger partial charge in [-0.2, -0.15) is 0 Å². The van der Waals surface area contributed by atoms with E-state index in [0.717, 1.165) is 22.2 Å². The average molecular weight is 269 g/mol. The lowest BCUT2D eigenvalue weighted by molar-refractivity contribution is 0.101. The summed E-state index contributed by atoms with van der Waals surface area (Å²) in [4.78, 5) is 15.6. The van der Waals surface area contributed by atoms with Gasteiger partial charge in [-0.1, -0.05) is 0 Å². The van der Waals surface area contributed by atoms with E-state index in [1.165, 1.54) is 6.26 Å². The summed E-state index contributed by atoms with van der Waals surface area (Å²) in [5, 5.41) is 0.844. The van der Waals surface area contributed by atoms with E-state index in [0.29, 0.717) is 17.9 Å². The van der Waals surface area contributed by atoms with Crippen molar-refractivity contribution in [3.8, 4) is 5.75 Å². The highest BCUT2D eigenvalue weighted by Gasteiger charge is 2.19. The molecule has 2 aromatic heterocycles. The molecule has 3 rings (SSSR count). The maximum atomic E-state index is 12.5. The van der Waals surface area contributed by atoms with Gasteiger partial charge in [0, 0.05) is 17.1 Å². The molecule has 0 atom stereocenters. The Morgan fingerprint density at radius 2 is 2.20 bits per heavy atom. The Morgan fingerprint density at radius 3 is 2.90 bits per heavy atom. The van der Waals surface area contributed by atoms with Crippen LogP contribution in [-0.4, -0.2) is 17.4 Å². The molecule has 0 unspecified atom stereocenters. The number of carbonyl (C=O) groups is 1. The predicted molar refractivity (Wildman–Crippen MR) is 76.3 cm³/mol. The monoisotopic (exact) mass is 269 g/mol. The minimum absolute atomic E-state index is 0.118. The maximum Gasteiger partial charge on any atom is 0.230 e. The molecule has 0 aliphatic rings. The highest BCUT2D eigenvalue weighted by molar-refractivity contribution is 6.15. The number of hydrogen-bond acceptors (Lipinski definition) is 3. The molecular formula is C16H15NO3. The zero-order valence-electron chi connectivity index (χ0n) is 11.4. The number of H-pyrrole nitrogens is 1. The van der Waals surface area contributed by atoms with E-state index in [1.54, 1.807) is 12.3 Å². The number of aromatic amines is 1. The lowest BCUT2D eigenvalue weighted by Gasteiger charge is -2.03. The van der Waals surface area contributed by atoms with Crippen LogP contribution in [0, 0.1) is 6.92 Å². The van der Waals surface area contributed by atoms with Crippen LogP contribution in [0.4, 0.5) is 0 Å². The number of aromatic nitrogens is 1. The van der Waals surface area contributed by atoms with Gasteiger partial charge in [0.1, 0.15) is 5.75 Å². The summed E-state index contributed by atoms with van der Waals surface area (Å²) in [6, 6.07) is 7.45. The number of aryl methyl sites for hydroxylation is 1. The van der Waals surface area contributed by atoms with Gasteiger partial charge < -0.3 is 14.1 Å². The van der Waals surface area contributed by atoms with Crippen LogP contribution in [0.1, 0.15) is 28.6 Å². The number of rotatable bonds is 4. The molecule has 0 saturated heterocycles. The van der Waals surface area contributed by atoms with Crippen molar-refractivity contribution in [1.29, 1.82) is 0 Å². The number of ether oxygens (including phenoxy) is 1. The Kier molecular flexibility index (Phi) is 3.06. The van der Waals surface area contributed by atoms with Gasteiger partial charge in [0.05, 0.1) is 18.4 Å². The molecule has 0 radical (unpaired) electrons. The summed E-state index contributed by atoms with van der Waals surface area (Å²) in [6.45, 7) is 4.38. The van der Waals surface area contributed by atoms with Crippen LogP contribution in [0.15, 0.2) is 41.1 Å². The van der Waals surface area contributed by atoms with Crippen LogP contribution >= 0.6 is 0 Å². The van der Waals surface area contributed by atoms with Crippen LogP contribution < -0.4 is 4.74 Å². The van der Waals surface area contributed by atoms with Gasteiger partial charge in [-0.05, 0) is 43.7 Å². The fourth-order valence-corrected chi connectivity index (χ4v) is 2.27. The Bertz CT molecular complexity index is 767. The molecule has 0 aliphatic carbocycles. The molecule has 102 valence electrons. The minimum Gasteiger partial charge on any atom is -0.494 e. The van der Waals surface area contributed by atoms with E-state index in [-0.39, 0.29) is 5.78 Å². The first-order valence-electron chi connectivity index (χ1n) is 6.53. The van der Waals surface area contributed by atoms with E-state index in [1.807, 2.05) is 32.0 Å². The zero-order chi connectivity index (χ0) is 14.1. The highest BCUT2D eigenvalue weighted by Crippen LogP contribution is 2.26. The molecule has 0 fully saturated rings. The molecule has 4 nitrogen and oxygen atoms in total. The third-order valence-electron chi connectivity index (χ3n) is 3.28. The highest BCUT2D eigenvalue weighted by atomic mass is 16.5. The van der Waals surface area contributed by atoms with Crippen LogP contribution in [0.5, 0.6) is 5.75 Å². The lowest BCUT2D eigenvalue weighted by Crippen LogP contribution is -2.00. The van der Waals surface area contributed by atoms with Crippen LogP contribution in [0.2, 0.25) is 0 Å². The van der Waals surface area contributed by atoms with E-state index >= 15 is 0 Å². The fourth-order valence-electron chi connectivity index (χ4n) is 2.27. The molecule has 1 N–H and O–H groups in total. The lowest BCUT2D eigenvalue weighted by atomic mass is 10.1. The summed E-state index contributed by atoms with van der Waals surface area (Å²) in [5.74, 6) is 1.02. The van der Waals surface area contributed by atoms with Crippen molar-refractivity contribution in [2.45, 2.75) is 13.8 Å². The first-order valence-corrected chi connectivity index (χ1v) is 6.53. The van der Waals surface area contributed by atoms with Crippen molar-refractivity contribution in [3.63, 3.8) is 0 Å². The molecule has 3 aromatic rings. The van der Waals surface area contributed by atoms with Gasteiger partial charge in [-0.15, -0.1) is 0 Å². The number of nitrogens with one attached hydrogen (secondary N) is 1. The summed E-state index contributed by atoms with van der Waals surface area (Å²) >= 11 is 0. The third-order valence-corrected chi connectivity index (χ3v) is 3.28. The smallest absolute Gasteiger partial charge is 0.230 e. The van der Waals surface area contributed by atoms with E-state index < -0.39 is 0 Å². The molecule has 1 aromatic carbocycles. The van der Waals surface area contributed by atoms with Gasteiger partial charge in [-0.3, -0.25) is 4.79 Å². The minimum atomic E-state index is -0.118. The van der Waals surface area contributed by atoms with Crippen molar-refractivity contribution in [2.75, 3.05) is 6.61 Å². The topological polar surface area (TPSA) is 55.2 Å². The molecule has 0 saturated carbocycles. The van der Waals surface area contributed by atoms with Gasteiger partial charge in [0.25, 0.3) is 0 Å². The Hall–Kier alpha value is -2.49. The Labute approximate surface area is 116 Å². The predicted octanol–water partition coefficient (Wildman–Crippen LogP) is 3.70. The Balaban J connectivity index is 2.09. The summed E-state index contributed by atoms with van der Waals surface area (Å²) in [7, 11) is 0. The SMILES string of the molecule is CCOc1ccc2[nH]cc(C(=O)c3occc3C)c2c1. The molecule has 0 spiro atoms. The van der Waals surface area contributed by atoms with Crippen molar-refractivity contribution in [3.05, 3.63) is 53.6 Å². The molecule has 4 heteroatoms. The molecule has 0 bridgehead atoms. The van der Waals surface area contributed by atoms with Crippen molar-refractivity contribution in [2.24, 2.45) is 0 Å². The van der Waals surface area contributed by atoms with Gasteiger partial charge in [-0.25, -0.2) is 0 Å². The van der Waals surface area contributed by atoms with E-state index in [9.17, 15) is 4.79 Å². The van der Waals surface area contributed by atoms with Crippen molar-refractivity contribution >= 4 is 16.7 Å². The van der Waals surface area contributed by atoms with Crippen LogP contribution in [0.3, 0.4) is 0 Å². The number of furan rings is 1. The van der Waals surface area contributed by atoms with Crippen LogP contribution in [0.25, 0.3) is 10.9 Å². The summed E-state index contributed by atoms with van der Waals surface area (Å²) < 4.78 is 10.8. The second-order valence-electron chi connectivity index (χ2n) is 4.60. The normalized spacial score (nSPS) is 10.9. The first kappa shape index (κ1) is 12.5. The molecule has 20 heavy (non-hydrogen) atoms. The number of benzene rings is 1. The van der Waals surface area contributed by atoms with Gasteiger partial charge >= 0.3 is 0 Å². The number of hydrogen-bond donors (Lipinski definition) is 1. The second-order valence-corrected chi connectivity index (χ2v) is 4.60. The van der Waals surface area contributed by atoms with E-state index in [4.69, 9.17) is 9.15 Å². The zero-order valence-corrected chi connectivity index (χ0v) is 11.4. The molecule has 2 heterocycles. The largest absolute Gasteiger partial charge is 0.494 e. The molecule has 0 amide bonds. The fraction of sp³-hybridized carbons (Fsp3) is 0.188. The van der Waals surface area contributed by atoms with Crippen molar-refractivity contribution < 1.29 is 13.9 Å². The number of fused-ring (bicyclic) bond motifs is 1. The Morgan fingerprint density at radius 1 is 1.35 bits per heavy atom. The first-order chi connectivity index (χ1) is 9.70. The van der Waals surface area contributed by atoms with Gasteiger partial charge in [0.2, 0.25) is 5.78 Å². The number of carbonyl (C=O) groups excluding carboxylic acids is 1. The summed E-state index contributed by atoms with van der Waals surface area (Å²) in [5.41, 5.74) is 2.34. The second kappa shape index (κ2) is 4.89. The van der Waals surface area contributed by atoms with Crippen LogP contribution in [-0.2, 0) is 0 Å². The molecular weight excluding hydrogens is 254 g/mol.